The summed E-state index contributed by atoms with van der Waals surface area (Å²) < 4.78 is 39.3. The number of aromatic nitrogens is 1. The minimum Gasteiger partial charge on any atom is -0.493 e. The topological polar surface area (TPSA) is 144 Å². The van der Waals surface area contributed by atoms with E-state index < -0.39 is 32.9 Å². The molecule has 1 heterocycles. The van der Waals surface area contributed by atoms with Crippen LogP contribution in [-0.4, -0.2) is 49.8 Å². The lowest BCUT2D eigenvalue weighted by molar-refractivity contribution is 0.0526. The summed E-state index contributed by atoms with van der Waals surface area (Å²) >= 11 is 0. The van der Waals surface area contributed by atoms with Crippen LogP contribution in [0.15, 0.2) is 54.7 Å². The number of hydrogen-bond acceptors (Lipinski definition) is 8. The number of alkyl carbamates (subject to hydrolysis) is 1. The van der Waals surface area contributed by atoms with E-state index in [9.17, 15) is 23.1 Å². The molecule has 11 heteroatoms. The van der Waals surface area contributed by atoms with E-state index in [4.69, 9.17) is 4.74 Å². The Morgan fingerprint density at radius 3 is 2.40 bits per heavy atom. The molecule has 1 unspecified atom stereocenters. The second-order valence-corrected chi connectivity index (χ2v) is 10.6. The van der Waals surface area contributed by atoms with Gasteiger partial charge < -0.3 is 19.9 Å². The van der Waals surface area contributed by atoms with Crippen molar-refractivity contribution < 1.29 is 32.6 Å². The molecule has 0 aliphatic carbocycles. The zero-order chi connectivity index (χ0) is 25.8. The van der Waals surface area contributed by atoms with Gasteiger partial charge in [-0.3, -0.25) is 4.72 Å². The third-order valence-electron chi connectivity index (χ3n) is 4.91. The number of fused-ring (bicyclic) bond motifs is 1. The fourth-order valence-corrected chi connectivity index (χ4v) is 4.73. The van der Waals surface area contributed by atoms with Crippen LogP contribution >= 0.6 is 0 Å². The molecule has 3 rings (SSSR count). The van der Waals surface area contributed by atoms with Gasteiger partial charge in [-0.15, -0.1) is 0 Å². The van der Waals surface area contributed by atoms with Gasteiger partial charge in [0.1, 0.15) is 10.9 Å². The number of hydrogen-bond donors (Lipinski definition) is 3. The van der Waals surface area contributed by atoms with Crippen LogP contribution in [0.1, 0.15) is 41.9 Å². The highest BCUT2D eigenvalue weighted by Crippen LogP contribution is 2.29. The van der Waals surface area contributed by atoms with Crippen LogP contribution in [0.4, 0.5) is 10.5 Å². The van der Waals surface area contributed by atoms with Gasteiger partial charge in [0.05, 0.1) is 12.7 Å². The SMILES string of the molecule is COC(=O)c1ccc(C(CNC(=O)OC(C)(C)C)S(=O)(=O)Nc2ccc3c(O)nccc3c2)cc1. The summed E-state index contributed by atoms with van der Waals surface area (Å²) in [6, 6.07) is 12.1. The summed E-state index contributed by atoms with van der Waals surface area (Å²) in [5.74, 6) is -0.725. The summed E-state index contributed by atoms with van der Waals surface area (Å²) in [5.41, 5.74) is 0.0912. The first-order valence-electron chi connectivity index (χ1n) is 10.6. The van der Waals surface area contributed by atoms with E-state index in [0.29, 0.717) is 16.3 Å². The molecule has 0 spiro atoms. The van der Waals surface area contributed by atoms with E-state index in [1.165, 1.54) is 43.6 Å². The van der Waals surface area contributed by atoms with Gasteiger partial charge in [-0.2, -0.15) is 0 Å². The fraction of sp³-hybridized carbons (Fsp3) is 0.292. The van der Waals surface area contributed by atoms with Crippen molar-refractivity contribution in [1.29, 1.82) is 0 Å². The Bertz CT molecular complexity index is 1330. The Morgan fingerprint density at radius 2 is 1.77 bits per heavy atom. The second-order valence-electron chi connectivity index (χ2n) is 8.70. The molecule has 186 valence electrons. The molecule has 0 radical (unpaired) electrons. The normalized spacial score (nSPS) is 12.6. The van der Waals surface area contributed by atoms with Crippen molar-refractivity contribution in [1.82, 2.24) is 10.3 Å². The molecule has 1 atom stereocenters. The summed E-state index contributed by atoms with van der Waals surface area (Å²) in [7, 11) is -2.85. The van der Waals surface area contributed by atoms with Crippen LogP contribution in [-0.2, 0) is 19.5 Å². The molecule has 1 aromatic heterocycles. The predicted molar refractivity (Wildman–Crippen MR) is 131 cm³/mol. The lowest BCUT2D eigenvalue weighted by atomic mass is 10.1. The van der Waals surface area contributed by atoms with Gasteiger partial charge in [0, 0.05) is 23.8 Å². The number of aromatic hydroxyl groups is 1. The van der Waals surface area contributed by atoms with Crippen LogP contribution < -0.4 is 10.0 Å². The number of carbonyl (C=O) groups excluding carboxylic acids is 2. The third kappa shape index (κ3) is 6.60. The van der Waals surface area contributed by atoms with E-state index in [1.807, 2.05) is 0 Å². The Kier molecular flexibility index (Phi) is 7.49. The number of nitrogens with zero attached hydrogens (tertiary/aromatic N) is 1. The average Bonchev–Trinajstić information content (AvgIpc) is 2.77. The molecule has 0 aliphatic heterocycles. The minimum atomic E-state index is -4.10. The van der Waals surface area contributed by atoms with Gasteiger partial charge in [-0.05, 0) is 68.1 Å². The smallest absolute Gasteiger partial charge is 0.407 e. The molecule has 3 N–H and O–H groups in total. The summed E-state index contributed by atoms with van der Waals surface area (Å²) in [6.45, 7) is 4.79. The largest absolute Gasteiger partial charge is 0.493 e. The van der Waals surface area contributed by atoms with Crippen LogP contribution in [0.3, 0.4) is 0 Å². The Morgan fingerprint density at radius 1 is 1.09 bits per heavy atom. The van der Waals surface area contributed by atoms with Crippen LogP contribution in [0.2, 0.25) is 0 Å². The van der Waals surface area contributed by atoms with Crippen molar-refractivity contribution >= 4 is 38.5 Å². The van der Waals surface area contributed by atoms with Crippen LogP contribution in [0.5, 0.6) is 5.88 Å². The first kappa shape index (κ1) is 25.8. The van der Waals surface area contributed by atoms with Crippen molar-refractivity contribution in [3.63, 3.8) is 0 Å². The number of amides is 1. The molecule has 0 saturated heterocycles. The number of pyridine rings is 1. The van der Waals surface area contributed by atoms with E-state index in [2.05, 4.69) is 19.8 Å². The number of sulfonamides is 1. The molecule has 0 saturated carbocycles. The highest BCUT2D eigenvalue weighted by atomic mass is 32.2. The van der Waals surface area contributed by atoms with Crippen molar-refractivity contribution in [3.8, 4) is 5.88 Å². The maximum atomic E-state index is 13.4. The number of nitrogens with one attached hydrogen (secondary N) is 2. The number of ether oxygens (including phenoxy) is 2. The van der Waals surface area contributed by atoms with Gasteiger partial charge in [0.15, 0.2) is 0 Å². The molecule has 35 heavy (non-hydrogen) atoms. The zero-order valence-corrected chi connectivity index (χ0v) is 20.5. The van der Waals surface area contributed by atoms with Crippen molar-refractivity contribution in [2.75, 3.05) is 18.4 Å². The van der Waals surface area contributed by atoms with Gasteiger partial charge in [-0.25, -0.2) is 23.0 Å². The van der Waals surface area contributed by atoms with E-state index in [0.717, 1.165) is 0 Å². The third-order valence-corrected chi connectivity index (χ3v) is 6.62. The lowest BCUT2D eigenvalue weighted by Gasteiger charge is -2.23. The predicted octanol–water partition coefficient (Wildman–Crippen LogP) is 3.73. The summed E-state index contributed by atoms with van der Waals surface area (Å²) in [4.78, 5) is 27.8. The van der Waals surface area contributed by atoms with Crippen molar-refractivity contribution in [2.24, 2.45) is 0 Å². The first-order chi connectivity index (χ1) is 16.4. The van der Waals surface area contributed by atoms with Gasteiger partial charge >= 0.3 is 12.1 Å². The number of methoxy groups -OCH3 is 1. The number of esters is 1. The molecule has 1 amide bonds. The summed E-state index contributed by atoms with van der Waals surface area (Å²) in [6.07, 6.45) is 0.643. The molecule has 0 bridgehead atoms. The van der Waals surface area contributed by atoms with E-state index >= 15 is 0 Å². The van der Waals surface area contributed by atoms with E-state index in [-0.39, 0.29) is 23.7 Å². The summed E-state index contributed by atoms with van der Waals surface area (Å²) in [5, 5.41) is 12.2. The number of carbonyl (C=O) groups is 2. The minimum absolute atomic E-state index is 0.165. The van der Waals surface area contributed by atoms with Crippen molar-refractivity contribution in [2.45, 2.75) is 31.6 Å². The molecule has 0 fully saturated rings. The average molecular weight is 502 g/mol. The first-order valence-corrected chi connectivity index (χ1v) is 12.2. The van der Waals surface area contributed by atoms with Gasteiger partial charge in [0.2, 0.25) is 15.9 Å². The molecule has 2 aromatic carbocycles. The van der Waals surface area contributed by atoms with Gasteiger partial charge in [-0.1, -0.05) is 12.1 Å². The van der Waals surface area contributed by atoms with E-state index in [1.54, 1.807) is 39.0 Å². The van der Waals surface area contributed by atoms with Crippen molar-refractivity contribution in [3.05, 3.63) is 65.9 Å². The fourth-order valence-electron chi connectivity index (χ4n) is 3.31. The number of rotatable bonds is 7. The van der Waals surface area contributed by atoms with Gasteiger partial charge in [0.25, 0.3) is 0 Å². The van der Waals surface area contributed by atoms with Crippen LogP contribution in [0.25, 0.3) is 10.8 Å². The highest BCUT2D eigenvalue weighted by molar-refractivity contribution is 7.93. The molecule has 10 nitrogen and oxygen atoms in total. The maximum absolute atomic E-state index is 13.4. The Balaban J connectivity index is 1.91. The maximum Gasteiger partial charge on any atom is 0.407 e. The monoisotopic (exact) mass is 501 g/mol. The molecular formula is C24H27N3O7S. The quantitative estimate of drug-likeness (QED) is 0.416. The standard InChI is InChI=1S/C24H27N3O7S/c1-24(2,3)34-23(30)26-14-20(15-5-7-16(8-6-15)22(29)33-4)35(31,32)27-18-9-10-19-17(13-18)11-12-25-21(19)28/h5-13,20,27H,14H2,1-4H3,(H,25,28)(H,26,30). The zero-order valence-electron chi connectivity index (χ0n) is 19.7. The lowest BCUT2D eigenvalue weighted by Crippen LogP contribution is -2.37. The second kappa shape index (κ2) is 10.2. The number of benzene rings is 2. The Hall–Kier alpha value is -3.86. The Labute approximate surface area is 203 Å². The highest BCUT2D eigenvalue weighted by Gasteiger charge is 2.29. The number of anilines is 1. The molecular weight excluding hydrogens is 474 g/mol. The van der Waals surface area contributed by atoms with Crippen LogP contribution in [0, 0.1) is 0 Å². The molecule has 3 aromatic rings. The molecule has 0 aliphatic rings.